The van der Waals surface area contributed by atoms with E-state index in [9.17, 15) is 0 Å². The SMILES string of the molecule is C1=CCCC(C2=CCCC(C3=CC(c4cc(-c5nc(-c6ccccc6)nc(-c6ccccc6)n5)c5c(c4)sc4ccccc45)=CCC3)=C2)=C1. The molecule has 9 rings (SSSR count). The van der Waals surface area contributed by atoms with Gasteiger partial charge in [-0.1, -0.05) is 121 Å². The van der Waals surface area contributed by atoms with Crippen LogP contribution in [0.15, 0.2) is 162 Å². The highest BCUT2D eigenvalue weighted by Gasteiger charge is 2.21. The average molecular weight is 650 g/mol. The summed E-state index contributed by atoms with van der Waals surface area (Å²) in [6, 6.07) is 33.9. The molecule has 0 amide bonds. The number of benzene rings is 4. The van der Waals surface area contributed by atoms with Crippen molar-refractivity contribution >= 4 is 37.1 Å². The van der Waals surface area contributed by atoms with E-state index in [0.29, 0.717) is 17.5 Å². The van der Waals surface area contributed by atoms with Crippen molar-refractivity contribution in [2.45, 2.75) is 38.5 Å². The quantitative estimate of drug-likeness (QED) is 0.180. The maximum Gasteiger partial charge on any atom is 0.164 e. The molecule has 2 heterocycles. The zero-order chi connectivity index (χ0) is 32.6. The fourth-order valence-corrected chi connectivity index (χ4v) is 8.48. The van der Waals surface area contributed by atoms with Crippen molar-refractivity contribution in [3.05, 3.63) is 167 Å². The molecule has 0 saturated heterocycles. The standard InChI is InChI=1S/C45H35N3S/c1-4-14-30(15-5-1)33-20-12-21-34(26-33)35-22-13-23-36(27-35)37-28-39(42-38-24-10-11-25-40(38)49-41(42)29-37)45-47-43(31-16-6-2-7-17-31)46-44(48-45)32-18-8-3-9-19-32/h1-4,6-11,14,16-20,23-29H,5,12-13,15,21-22H2. The molecule has 3 aliphatic carbocycles. The fraction of sp³-hybridized carbons (Fsp3) is 0.133. The van der Waals surface area contributed by atoms with E-state index in [1.54, 1.807) is 0 Å². The predicted molar refractivity (Wildman–Crippen MR) is 206 cm³/mol. The lowest BCUT2D eigenvalue weighted by Gasteiger charge is -2.22. The third-order valence-corrected chi connectivity index (χ3v) is 10.9. The minimum absolute atomic E-state index is 0.679. The Morgan fingerprint density at radius 3 is 1.82 bits per heavy atom. The van der Waals surface area contributed by atoms with Gasteiger partial charge in [-0.3, -0.25) is 0 Å². The Labute approximate surface area is 291 Å². The molecule has 0 atom stereocenters. The minimum Gasteiger partial charge on any atom is -0.208 e. The molecule has 236 valence electrons. The molecule has 0 unspecified atom stereocenters. The zero-order valence-electron chi connectivity index (χ0n) is 27.3. The molecule has 0 fully saturated rings. The van der Waals surface area contributed by atoms with E-state index in [1.807, 2.05) is 47.7 Å². The van der Waals surface area contributed by atoms with Gasteiger partial charge in [0.15, 0.2) is 17.5 Å². The van der Waals surface area contributed by atoms with E-state index in [0.717, 1.165) is 55.2 Å². The topological polar surface area (TPSA) is 38.7 Å². The summed E-state index contributed by atoms with van der Waals surface area (Å²) < 4.78 is 2.52. The lowest BCUT2D eigenvalue weighted by atomic mass is 9.83. The van der Waals surface area contributed by atoms with Crippen LogP contribution >= 0.6 is 11.3 Å². The Hall–Kier alpha value is -5.45. The highest BCUT2D eigenvalue weighted by atomic mass is 32.1. The number of fused-ring (bicyclic) bond motifs is 3. The van der Waals surface area contributed by atoms with Gasteiger partial charge in [0, 0.05) is 36.9 Å². The number of allylic oxidation sites excluding steroid dienone is 12. The van der Waals surface area contributed by atoms with Gasteiger partial charge in [0.25, 0.3) is 0 Å². The number of thiophene rings is 1. The molecule has 49 heavy (non-hydrogen) atoms. The molecule has 0 N–H and O–H groups in total. The first kappa shape index (κ1) is 29.7. The van der Waals surface area contributed by atoms with Gasteiger partial charge in [0.1, 0.15) is 0 Å². The Morgan fingerprint density at radius 1 is 0.510 bits per heavy atom. The van der Waals surface area contributed by atoms with Crippen LogP contribution < -0.4 is 0 Å². The summed E-state index contributed by atoms with van der Waals surface area (Å²) in [7, 11) is 0. The van der Waals surface area contributed by atoms with Crippen LogP contribution in [0.25, 0.3) is 59.9 Å². The van der Waals surface area contributed by atoms with Crippen LogP contribution in [0.1, 0.15) is 44.1 Å². The smallest absolute Gasteiger partial charge is 0.164 e. The highest BCUT2D eigenvalue weighted by Crippen LogP contribution is 2.43. The third-order valence-electron chi connectivity index (χ3n) is 9.76. The average Bonchev–Trinajstić information content (AvgIpc) is 3.57. The summed E-state index contributed by atoms with van der Waals surface area (Å²) in [5.41, 5.74) is 11.3. The van der Waals surface area contributed by atoms with Crippen molar-refractivity contribution < 1.29 is 0 Å². The fourth-order valence-electron chi connectivity index (χ4n) is 7.31. The second kappa shape index (κ2) is 12.9. The van der Waals surface area contributed by atoms with Crippen LogP contribution in [0.3, 0.4) is 0 Å². The molecule has 0 aliphatic heterocycles. The number of aromatic nitrogens is 3. The minimum atomic E-state index is 0.679. The van der Waals surface area contributed by atoms with E-state index in [4.69, 9.17) is 15.0 Å². The maximum atomic E-state index is 5.19. The second-order valence-corrected chi connectivity index (χ2v) is 14.0. The van der Waals surface area contributed by atoms with Crippen LogP contribution in [-0.2, 0) is 0 Å². The second-order valence-electron chi connectivity index (χ2n) is 12.9. The highest BCUT2D eigenvalue weighted by molar-refractivity contribution is 7.26. The summed E-state index contributed by atoms with van der Waals surface area (Å²) >= 11 is 1.85. The molecule has 6 aromatic rings. The molecule has 4 aromatic carbocycles. The molecular weight excluding hydrogens is 615 g/mol. The van der Waals surface area contributed by atoms with Gasteiger partial charge in [-0.15, -0.1) is 11.3 Å². The normalized spacial score (nSPS) is 16.2. The Kier molecular flexibility index (Phi) is 7.79. The lowest BCUT2D eigenvalue weighted by Crippen LogP contribution is -2.03. The van der Waals surface area contributed by atoms with Crippen LogP contribution in [0.5, 0.6) is 0 Å². The number of nitrogens with zero attached hydrogens (tertiary/aromatic N) is 3. The maximum absolute atomic E-state index is 5.19. The summed E-state index contributed by atoms with van der Waals surface area (Å²) in [6.07, 6.45) is 23.1. The van der Waals surface area contributed by atoms with Crippen molar-refractivity contribution in [3.8, 4) is 34.2 Å². The van der Waals surface area contributed by atoms with Gasteiger partial charge >= 0.3 is 0 Å². The largest absolute Gasteiger partial charge is 0.208 e. The van der Waals surface area contributed by atoms with Crippen LogP contribution in [0.2, 0.25) is 0 Å². The molecule has 0 bridgehead atoms. The molecule has 0 spiro atoms. The molecule has 2 aromatic heterocycles. The van der Waals surface area contributed by atoms with E-state index in [2.05, 4.69) is 103 Å². The van der Waals surface area contributed by atoms with Crippen molar-refractivity contribution in [1.82, 2.24) is 15.0 Å². The summed E-state index contributed by atoms with van der Waals surface area (Å²) in [5, 5.41) is 2.44. The van der Waals surface area contributed by atoms with Gasteiger partial charge in [0.2, 0.25) is 0 Å². The van der Waals surface area contributed by atoms with E-state index in [-0.39, 0.29) is 0 Å². The first-order valence-corrected chi connectivity index (χ1v) is 18.1. The Morgan fingerprint density at radius 2 is 1.12 bits per heavy atom. The van der Waals surface area contributed by atoms with E-state index in [1.165, 1.54) is 53.6 Å². The molecule has 4 heteroatoms. The van der Waals surface area contributed by atoms with Crippen molar-refractivity contribution in [1.29, 1.82) is 0 Å². The third kappa shape index (κ3) is 5.83. The molecule has 0 radical (unpaired) electrons. The first-order valence-electron chi connectivity index (χ1n) is 17.3. The number of hydrogen-bond acceptors (Lipinski definition) is 4. The number of rotatable bonds is 6. The van der Waals surface area contributed by atoms with Gasteiger partial charge < -0.3 is 0 Å². The Bertz CT molecular complexity index is 2360. The van der Waals surface area contributed by atoms with Gasteiger partial charge in [-0.05, 0) is 90.2 Å². The van der Waals surface area contributed by atoms with Gasteiger partial charge in [0.05, 0.1) is 0 Å². The van der Waals surface area contributed by atoms with Crippen molar-refractivity contribution in [3.63, 3.8) is 0 Å². The predicted octanol–water partition coefficient (Wildman–Crippen LogP) is 12.3. The summed E-state index contributed by atoms with van der Waals surface area (Å²) in [5.74, 6) is 2.06. The number of hydrogen-bond donors (Lipinski definition) is 0. The van der Waals surface area contributed by atoms with Crippen molar-refractivity contribution in [2.24, 2.45) is 0 Å². The molecule has 0 saturated carbocycles. The zero-order valence-corrected chi connectivity index (χ0v) is 28.1. The Balaban J connectivity index is 1.21. The molecule has 3 nitrogen and oxygen atoms in total. The first-order chi connectivity index (χ1) is 24.3. The van der Waals surface area contributed by atoms with Crippen LogP contribution in [0, 0.1) is 0 Å². The summed E-state index contributed by atoms with van der Waals surface area (Å²) in [6.45, 7) is 0. The lowest BCUT2D eigenvalue weighted by molar-refractivity contribution is 0.884. The summed E-state index contributed by atoms with van der Waals surface area (Å²) in [4.78, 5) is 15.4. The van der Waals surface area contributed by atoms with Gasteiger partial charge in [-0.2, -0.15) is 0 Å². The van der Waals surface area contributed by atoms with Gasteiger partial charge in [-0.25, -0.2) is 15.0 Å². The van der Waals surface area contributed by atoms with Crippen molar-refractivity contribution in [2.75, 3.05) is 0 Å². The monoisotopic (exact) mass is 649 g/mol. The van der Waals surface area contributed by atoms with Crippen LogP contribution in [-0.4, -0.2) is 15.0 Å². The van der Waals surface area contributed by atoms with Crippen LogP contribution in [0.4, 0.5) is 0 Å². The molecular formula is C45H35N3S. The van der Waals surface area contributed by atoms with E-state index < -0.39 is 0 Å². The molecule has 3 aliphatic rings. The van der Waals surface area contributed by atoms with E-state index >= 15 is 0 Å².